The van der Waals surface area contributed by atoms with Crippen molar-refractivity contribution in [1.82, 2.24) is 25.3 Å². The van der Waals surface area contributed by atoms with Crippen LogP contribution in [0, 0.1) is 12.8 Å². The number of hydrogen-bond donors (Lipinski definition) is 3. The van der Waals surface area contributed by atoms with E-state index in [1.807, 2.05) is 37.3 Å². The fourth-order valence-corrected chi connectivity index (χ4v) is 3.49. The van der Waals surface area contributed by atoms with Crippen molar-refractivity contribution in [1.29, 1.82) is 0 Å². The Labute approximate surface area is 151 Å². The fraction of sp³-hybridized carbons (Fsp3) is 0.316. The average molecular weight is 351 g/mol. The molecule has 4 rings (SSSR count). The summed E-state index contributed by atoms with van der Waals surface area (Å²) in [6.45, 7) is 2.83. The number of amides is 1. The molecule has 134 valence electrons. The number of likely N-dealkylation sites (tertiary alicyclic amines) is 1. The second kappa shape index (κ2) is 6.76. The van der Waals surface area contributed by atoms with Gasteiger partial charge in [0.1, 0.15) is 0 Å². The number of H-pyrrole nitrogens is 2. The molecule has 2 aromatic heterocycles. The highest BCUT2D eigenvalue weighted by molar-refractivity contribution is 5.95. The van der Waals surface area contributed by atoms with Crippen LogP contribution in [-0.2, 0) is 6.42 Å². The number of aryl methyl sites for hydroxylation is 1. The molecule has 0 unspecified atom stereocenters. The van der Waals surface area contributed by atoms with E-state index in [1.54, 1.807) is 17.3 Å². The van der Waals surface area contributed by atoms with Gasteiger partial charge in [0.25, 0.3) is 5.91 Å². The number of nitrogens with one attached hydrogen (secondary N) is 2. The van der Waals surface area contributed by atoms with Crippen LogP contribution in [0.5, 0.6) is 0 Å². The number of rotatable bonds is 4. The zero-order chi connectivity index (χ0) is 18.1. The zero-order valence-corrected chi connectivity index (χ0v) is 14.5. The Morgan fingerprint density at radius 2 is 2.19 bits per heavy atom. The molecule has 3 aromatic rings. The van der Waals surface area contributed by atoms with E-state index in [0.717, 1.165) is 22.5 Å². The third kappa shape index (κ3) is 3.25. The van der Waals surface area contributed by atoms with E-state index in [2.05, 4.69) is 20.4 Å². The number of benzene rings is 1. The summed E-state index contributed by atoms with van der Waals surface area (Å²) < 4.78 is 0. The molecule has 0 radical (unpaired) electrons. The van der Waals surface area contributed by atoms with Crippen LogP contribution in [0.1, 0.15) is 21.7 Å². The minimum atomic E-state index is -0.534. The Bertz CT molecular complexity index is 902. The van der Waals surface area contributed by atoms with Crippen molar-refractivity contribution in [3.63, 3.8) is 0 Å². The summed E-state index contributed by atoms with van der Waals surface area (Å²) in [5.74, 6) is -0.0613. The third-order valence-corrected chi connectivity index (χ3v) is 4.87. The van der Waals surface area contributed by atoms with Gasteiger partial charge < -0.3 is 10.0 Å². The molecule has 1 aliphatic heterocycles. The van der Waals surface area contributed by atoms with Crippen molar-refractivity contribution in [3.8, 4) is 11.1 Å². The first-order valence-corrected chi connectivity index (χ1v) is 8.67. The Morgan fingerprint density at radius 1 is 1.31 bits per heavy atom. The van der Waals surface area contributed by atoms with Crippen molar-refractivity contribution in [2.24, 2.45) is 5.92 Å². The highest BCUT2D eigenvalue weighted by Gasteiger charge is 2.34. The summed E-state index contributed by atoms with van der Waals surface area (Å²) in [6, 6.07) is 9.47. The molecule has 1 amide bonds. The van der Waals surface area contributed by atoms with Crippen LogP contribution in [0.25, 0.3) is 11.1 Å². The van der Waals surface area contributed by atoms with Crippen molar-refractivity contribution >= 4 is 5.91 Å². The van der Waals surface area contributed by atoms with Gasteiger partial charge in [0, 0.05) is 42.0 Å². The first-order chi connectivity index (χ1) is 12.6. The van der Waals surface area contributed by atoms with E-state index in [9.17, 15) is 9.90 Å². The lowest BCUT2D eigenvalue weighted by molar-refractivity contribution is 0.0764. The van der Waals surface area contributed by atoms with Crippen LogP contribution < -0.4 is 0 Å². The van der Waals surface area contributed by atoms with Crippen molar-refractivity contribution in [2.45, 2.75) is 19.4 Å². The molecule has 1 aliphatic rings. The summed E-state index contributed by atoms with van der Waals surface area (Å²) in [4.78, 5) is 14.6. The normalized spacial score (nSPS) is 19.8. The Kier molecular flexibility index (Phi) is 4.30. The number of aromatic nitrogens is 4. The van der Waals surface area contributed by atoms with Crippen LogP contribution in [0.4, 0.5) is 0 Å². The van der Waals surface area contributed by atoms with Crippen LogP contribution >= 0.6 is 0 Å². The molecule has 26 heavy (non-hydrogen) atoms. The molecule has 1 fully saturated rings. The summed E-state index contributed by atoms with van der Waals surface area (Å²) in [5.41, 5.74) is 4.41. The number of carbonyl (C=O) groups excluding carboxylic acids is 1. The monoisotopic (exact) mass is 351 g/mol. The predicted molar refractivity (Wildman–Crippen MR) is 96.5 cm³/mol. The summed E-state index contributed by atoms with van der Waals surface area (Å²) in [5, 5.41) is 24.3. The smallest absolute Gasteiger partial charge is 0.253 e. The second-order valence-corrected chi connectivity index (χ2v) is 6.85. The number of aliphatic hydroxyl groups excluding tert-OH is 1. The number of β-amino-alcohol motifs (C(OH)–C–C–N with tert-alkyl or cyclic N) is 1. The lowest BCUT2D eigenvalue weighted by Crippen LogP contribution is -2.29. The quantitative estimate of drug-likeness (QED) is 0.667. The molecule has 1 saturated heterocycles. The Balaban J connectivity index is 1.48. The maximum Gasteiger partial charge on any atom is 0.253 e. The molecule has 3 N–H and O–H groups in total. The van der Waals surface area contributed by atoms with E-state index in [4.69, 9.17) is 0 Å². The van der Waals surface area contributed by atoms with Gasteiger partial charge in [-0.3, -0.25) is 15.0 Å². The number of aromatic amines is 2. The van der Waals surface area contributed by atoms with Gasteiger partial charge in [-0.05, 0) is 37.1 Å². The SMILES string of the molecule is Cc1cc(C[C@@H]2CN(C(=O)c3cccc(-c4cn[nH]c4)c3)C[C@H]2O)n[nH]1. The molecule has 0 spiro atoms. The first-order valence-electron chi connectivity index (χ1n) is 8.67. The van der Waals surface area contributed by atoms with Crippen molar-refractivity contribution < 1.29 is 9.90 Å². The molecule has 0 bridgehead atoms. The van der Waals surface area contributed by atoms with E-state index >= 15 is 0 Å². The van der Waals surface area contributed by atoms with Crippen LogP contribution in [0.3, 0.4) is 0 Å². The van der Waals surface area contributed by atoms with Crippen LogP contribution in [0.15, 0.2) is 42.7 Å². The molecule has 3 heterocycles. The standard InChI is InChI=1S/C19H21N5O2/c1-12-5-17(23-22-12)7-15-10-24(11-18(15)25)19(26)14-4-2-3-13(6-14)16-8-20-21-9-16/h2-6,8-9,15,18,25H,7,10-11H2,1H3,(H,20,21)(H,22,23)/t15-,18-/m1/s1. The highest BCUT2D eigenvalue weighted by Crippen LogP contribution is 2.25. The van der Waals surface area contributed by atoms with Crippen molar-refractivity contribution in [2.75, 3.05) is 13.1 Å². The van der Waals surface area contributed by atoms with Gasteiger partial charge in [-0.15, -0.1) is 0 Å². The summed E-state index contributed by atoms with van der Waals surface area (Å²) >= 11 is 0. The molecule has 0 saturated carbocycles. The van der Waals surface area contributed by atoms with Gasteiger partial charge in [-0.25, -0.2) is 0 Å². The van der Waals surface area contributed by atoms with E-state index < -0.39 is 6.10 Å². The van der Waals surface area contributed by atoms with Gasteiger partial charge in [0.15, 0.2) is 0 Å². The number of nitrogens with zero attached hydrogens (tertiary/aromatic N) is 3. The average Bonchev–Trinajstić information content (AvgIpc) is 3.38. The first kappa shape index (κ1) is 16.5. The fourth-order valence-electron chi connectivity index (χ4n) is 3.49. The number of aliphatic hydroxyl groups is 1. The van der Waals surface area contributed by atoms with Crippen molar-refractivity contribution in [3.05, 3.63) is 59.7 Å². The molecule has 1 aromatic carbocycles. The molecule has 2 atom stereocenters. The van der Waals surface area contributed by atoms with Crippen LogP contribution in [-0.4, -0.2) is 55.5 Å². The van der Waals surface area contributed by atoms with E-state index in [1.165, 1.54) is 0 Å². The number of carbonyl (C=O) groups is 1. The van der Waals surface area contributed by atoms with E-state index in [-0.39, 0.29) is 11.8 Å². The number of hydrogen-bond acceptors (Lipinski definition) is 4. The molecule has 0 aliphatic carbocycles. The lowest BCUT2D eigenvalue weighted by Gasteiger charge is -2.16. The third-order valence-electron chi connectivity index (χ3n) is 4.87. The van der Waals surface area contributed by atoms with Gasteiger partial charge >= 0.3 is 0 Å². The summed E-state index contributed by atoms with van der Waals surface area (Å²) in [7, 11) is 0. The Hall–Kier alpha value is -2.93. The molecular formula is C19H21N5O2. The van der Waals surface area contributed by atoms with Gasteiger partial charge in [-0.2, -0.15) is 10.2 Å². The predicted octanol–water partition coefficient (Wildman–Crippen LogP) is 1.78. The topological polar surface area (TPSA) is 97.9 Å². The van der Waals surface area contributed by atoms with Crippen LogP contribution in [0.2, 0.25) is 0 Å². The lowest BCUT2D eigenvalue weighted by atomic mass is 10.00. The molecule has 7 nitrogen and oxygen atoms in total. The zero-order valence-electron chi connectivity index (χ0n) is 14.5. The van der Waals surface area contributed by atoms with E-state index in [0.29, 0.717) is 25.1 Å². The minimum Gasteiger partial charge on any atom is -0.391 e. The maximum absolute atomic E-state index is 12.9. The maximum atomic E-state index is 12.9. The van der Waals surface area contributed by atoms with Gasteiger partial charge in [-0.1, -0.05) is 12.1 Å². The molecular weight excluding hydrogens is 330 g/mol. The highest BCUT2D eigenvalue weighted by atomic mass is 16.3. The van der Waals surface area contributed by atoms with Gasteiger partial charge in [0.2, 0.25) is 0 Å². The minimum absolute atomic E-state index is 0.00120. The second-order valence-electron chi connectivity index (χ2n) is 6.85. The largest absolute Gasteiger partial charge is 0.391 e. The van der Waals surface area contributed by atoms with Gasteiger partial charge in [0.05, 0.1) is 18.0 Å². The Morgan fingerprint density at radius 3 is 2.92 bits per heavy atom. The summed E-state index contributed by atoms with van der Waals surface area (Å²) in [6.07, 6.45) is 3.65. The molecule has 7 heteroatoms.